The van der Waals surface area contributed by atoms with Crippen molar-refractivity contribution >= 4 is 17.6 Å². The summed E-state index contributed by atoms with van der Waals surface area (Å²) in [6.07, 6.45) is 12.4. The zero-order valence-corrected chi connectivity index (χ0v) is 25.5. The van der Waals surface area contributed by atoms with E-state index in [1.54, 1.807) is 12.1 Å². The van der Waals surface area contributed by atoms with E-state index in [4.69, 9.17) is 28.5 Å². The summed E-state index contributed by atoms with van der Waals surface area (Å²) in [6, 6.07) is 3.39. The molecular weight excluding hydrogens is 540 g/mol. The number of piperidine rings is 1. The number of benzene rings is 1. The number of allylic oxidation sites excluding steroid dienone is 3. The van der Waals surface area contributed by atoms with Crippen LogP contribution in [0.3, 0.4) is 0 Å². The van der Waals surface area contributed by atoms with Crippen molar-refractivity contribution in [3.63, 3.8) is 0 Å². The first-order chi connectivity index (χ1) is 20.4. The van der Waals surface area contributed by atoms with Crippen molar-refractivity contribution in [1.29, 1.82) is 0 Å². The first kappa shape index (κ1) is 33.1. The Kier molecular flexibility index (Phi) is 14.4. The van der Waals surface area contributed by atoms with E-state index in [0.29, 0.717) is 36.7 Å². The van der Waals surface area contributed by atoms with E-state index in [2.05, 4.69) is 18.2 Å². The van der Waals surface area contributed by atoms with Gasteiger partial charge in [0.1, 0.15) is 23.2 Å². The lowest BCUT2D eigenvalue weighted by Crippen LogP contribution is -2.37. The molecule has 2 aliphatic heterocycles. The summed E-state index contributed by atoms with van der Waals surface area (Å²) < 4.78 is 28.3. The maximum atomic E-state index is 13.6. The molecule has 2 unspecified atom stereocenters. The fourth-order valence-corrected chi connectivity index (χ4v) is 4.61. The highest BCUT2D eigenvalue weighted by atomic mass is 16.7. The number of carbonyl (C=O) groups is 2. The molecule has 0 saturated carbocycles. The Morgan fingerprint density at radius 3 is 2.48 bits per heavy atom. The Morgan fingerprint density at radius 2 is 1.74 bits per heavy atom. The topological polar surface area (TPSA) is 105 Å². The molecule has 0 N–H and O–H groups in total. The molecule has 2 aliphatic rings. The molecule has 0 bridgehead atoms. The first-order valence-corrected chi connectivity index (χ1v) is 15.0. The van der Waals surface area contributed by atoms with Crippen molar-refractivity contribution in [3.8, 4) is 11.5 Å². The van der Waals surface area contributed by atoms with Crippen molar-refractivity contribution in [3.05, 3.63) is 47.6 Å². The second-order valence-electron chi connectivity index (χ2n) is 10.4. The molecule has 10 nitrogen and oxygen atoms in total. The molecule has 1 aromatic rings. The van der Waals surface area contributed by atoms with Crippen molar-refractivity contribution in [1.82, 2.24) is 4.90 Å². The molecular formula is C32H46N2O8. The summed E-state index contributed by atoms with van der Waals surface area (Å²) in [5, 5.41) is 4.34. The van der Waals surface area contributed by atoms with E-state index in [9.17, 15) is 9.59 Å². The van der Waals surface area contributed by atoms with Crippen LogP contribution in [-0.4, -0.2) is 75.1 Å². The first-order valence-electron chi connectivity index (χ1n) is 15.0. The lowest BCUT2D eigenvalue weighted by atomic mass is 9.98. The van der Waals surface area contributed by atoms with Gasteiger partial charge in [-0.2, -0.15) is 0 Å². The SMILES string of the molecule is CCOCOc1cc2c(c(OCOCC)c1)C(=O)OC(C)CC=CC(C)CC=CC(=NOCC(=O)N1CCCCC1)C2. The third kappa shape index (κ3) is 11.1. The monoisotopic (exact) mass is 586 g/mol. The van der Waals surface area contributed by atoms with E-state index in [0.717, 1.165) is 38.8 Å². The summed E-state index contributed by atoms with van der Waals surface area (Å²) in [4.78, 5) is 33.6. The van der Waals surface area contributed by atoms with E-state index < -0.39 is 5.97 Å². The molecule has 232 valence electrons. The molecule has 0 spiro atoms. The van der Waals surface area contributed by atoms with Gasteiger partial charge in [-0.3, -0.25) is 4.79 Å². The number of ether oxygens (including phenoxy) is 5. The zero-order valence-electron chi connectivity index (χ0n) is 25.5. The lowest BCUT2D eigenvalue weighted by molar-refractivity contribution is -0.137. The number of nitrogens with zero attached hydrogens (tertiary/aromatic N) is 2. The van der Waals surface area contributed by atoms with Gasteiger partial charge in [-0.1, -0.05) is 30.3 Å². The van der Waals surface area contributed by atoms with Crippen LogP contribution in [0.25, 0.3) is 0 Å². The maximum absolute atomic E-state index is 13.6. The number of rotatable bonds is 11. The summed E-state index contributed by atoms with van der Waals surface area (Å²) in [5.74, 6) is 0.392. The Bertz CT molecular complexity index is 1090. The van der Waals surface area contributed by atoms with Crippen LogP contribution in [0.15, 0.2) is 41.6 Å². The van der Waals surface area contributed by atoms with E-state index in [1.807, 2.05) is 43.9 Å². The molecule has 1 saturated heterocycles. The molecule has 3 rings (SSSR count). The summed E-state index contributed by atoms with van der Waals surface area (Å²) >= 11 is 0. The van der Waals surface area contributed by atoms with Crippen LogP contribution in [-0.2, 0) is 30.3 Å². The highest BCUT2D eigenvalue weighted by molar-refractivity contribution is 6.00. The lowest BCUT2D eigenvalue weighted by Gasteiger charge is -2.26. The van der Waals surface area contributed by atoms with Gasteiger partial charge in [0.05, 0.1) is 5.71 Å². The van der Waals surface area contributed by atoms with Crippen LogP contribution in [0, 0.1) is 5.92 Å². The van der Waals surface area contributed by atoms with Crippen molar-refractivity contribution in [2.24, 2.45) is 11.1 Å². The zero-order chi connectivity index (χ0) is 30.2. The molecule has 42 heavy (non-hydrogen) atoms. The van der Waals surface area contributed by atoms with E-state index in [1.165, 1.54) is 0 Å². The molecule has 1 amide bonds. The Morgan fingerprint density at radius 1 is 1.00 bits per heavy atom. The summed E-state index contributed by atoms with van der Waals surface area (Å²) in [5.41, 5.74) is 1.36. The molecule has 2 atom stereocenters. The van der Waals surface area contributed by atoms with Gasteiger partial charge in [0.25, 0.3) is 5.91 Å². The van der Waals surface area contributed by atoms with Gasteiger partial charge in [0.15, 0.2) is 20.2 Å². The highest BCUT2D eigenvalue weighted by Crippen LogP contribution is 2.32. The van der Waals surface area contributed by atoms with E-state index in [-0.39, 0.29) is 55.9 Å². The number of likely N-dealkylation sites (tertiary alicyclic amines) is 1. The third-order valence-corrected chi connectivity index (χ3v) is 6.89. The summed E-state index contributed by atoms with van der Waals surface area (Å²) in [7, 11) is 0. The van der Waals surface area contributed by atoms with Gasteiger partial charge in [-0.15, -0.1) is 0 Å². The number of carbonyl (C=O) groups excluding carboxylic acids is 2. The summed E-state index contributed by atoms with van der Waals surface area (Å²) in [6.45, 7) is 9.97. The second kappa shape index (κ2) is 18.2. The number of fused-ring (bicyclic) bond motifs is 1. The predicted octanol–water partition coefficient (Wildman–Crippen LogP) is 5.45. The highest BCUT2D eigenvalue weighted by Gasteiger charge is 2.24. The molecule has 0 aromatic heterocycles. The average Bonchev–Trinajstić information content (AvgIpc) is 2.97. The predicted molar refractivity (Wildman–Crippen MR) is 160 cm³/mol. The Balaban J connectivity index is 1.98. The number of cyclic esters (lactones) is 1. The van der Waals surface area contributed by atoms with Crippen molar-refractivity contribution in [2.75, 3.05) is 46.5 Å². The van der Waals surface area contributed by atoms with Gasteiger partial charge >= 0.3 is 5.97 Å². The van der Waals surface area contributed by atoms with Crippen LogP contribution < -0.4 is 9.47 Å². The number of esters is 1. The van der Waals surface area contributed by atoms with Gasteiger partial charge in [-0.25, -0.2) is 4.79 Å². The number of hydrogen-bond acceptors (Lipinski definition) is 9. The Labute approximate surface area is 249 Å². The van der Waals surface area contributed by atoms with Crippen LogP contribution in [0.2, 0.25) is 0 Å². The van der Waals surface area contributed by atoms with Gasteiger partial charge < -0.3 is 33.4 Å². The van der Waals surface area contributed by atoms with Crippen molar-refractivity contribution in [2.45, 2.75) is 72.3 Å². The Hall–Kier alpha value is -3.37. The minimum absolute atomic E-state index is 0.0362. The van der Waals surface area contributed by atoms with E-state index >= 15 is 0 Å². The molecule has 2 heterocycles. The molecule has 0 aliphatic carbocycles. The molecule has 0 radical (unpaired) electrons. The van der Waals surface area contributed by atoms with Gasteiger partial charge in [-0.05, 0) is 70.1 Å². The fourth-order valence-electron chi connectivity index (χ4n) is 4.61. The average molecular weight is 587 g/mol. The van der Waals surface area contributed by atoms with Gasteiger partial charge in [0, 0.05) is 45.2 Å². The normalized spacial score (nSPS) is 20.9. The minimum atomic E-state index is -0.525. The number of oxime groups is 1. The number of hydrogen-bond donors (Lipinski definition) is 0. The second-order valence-corrected chi connectivity index (χ2v) is 10.4. The quantitative estimate of drug-likeness (QED) is 0.111. The molecule has 10 heteroatoms. The van der Waals surface area contributed by atoms with Crippen LogP contribution in [0.5, 0.6) is 11.5 Å². The third-order valence-electron chi connectivity index (χ3n) is 6.89. The standard InChI is InChI=1S/C32H46N2O8/c1-5-37-22-39-28-19-26-18-27(33-41-21-30(35)34-16-8-7-9-17-34)15-11-13-24(3)12-10-14-25(4)42-32(36)31(26)29(20-28)40-23-38-6-2/h10-12,15,19-20,24-25H,5-9,13-14,16-18,21-23H2,1-4H3. The molecule has 1 fully saturated rings. The molecule has 1 aromatic carbocycles. The van der Waals surface area contributed by atoms with Gasteiger partial charge in [0.2, 0.25) is 0 Å². The van der Waals surface area contributed by atoms with Crippen LogP contribution >= 0.6 is 0 Å². The smallest absolute Gasteiger partial charge is 0.342 e. The van der Waals surface area contributed by atoms with Crippen LogP contribution in [0.1, 0.15) is 75.7 Å². The van der Waals surface area contributed by atoms with Crippen molar-refractivity contribution < 1.29 is 38.1 Å². The fraction of sp³-hybridized carbons (Fsp3) is 0.594. The maximum Gasteiger partial charge on any atom is 0.342 e. The van der Waals surface area contributed by atoms with Crippen LogP contribution in [0.4, 0.5) is 0 Å². The minimum Gasteiger partial charge on any atom is -0.467 e. The largest absolute Gasteiger partial charge is 0.467 e. The number of amides is 1.